The van der Waals surface area contributed by atoms with Gasteiger partial charge in [-0.1, -0.05) is 11.6 Å². The molecule has 1 rings (SSSR count). The summed E-state index contributed by atoms with van der Waals surface area (Å²) in [5.74, 6) is -0.0851. The van der Waals surface area contributed by atoms with Crippen LogP contribution in [0.1, 0.15) is 24.2 Å². The summed E-state index contributed by atoms with van der Waals surface area (Å²) in [4.78, 5) is 14.7. The Morgan fingerprint density at radius 2 is 2.17 bits per heavy atom. The van der Waals surface area contributed by atoms with Gasteiger partial charge >= 0.3 is 0 Å². The second kappa shape index (κ2) is 7.67. The minimum absolute atomic E-state index is 0.0851. The summed E-state index contributed by atoms with van der Waals surface area (Å²) in [5, 5.41) is 0.452. The number of halogens is 1. The van der Waals surface area contributed by atoms with Gasteiger partial charge in [0, 0.05) is 24.6 Å². The number of rotatable bonds is 6. The monoisotopic (exact) mass is 287 g/mol. The maximum absolute atomic E-state index is 12.3. The minimum Gasteiger partial charge on any atom is -0.380 e. The quantitative estimate of drug-likeness (QED) is 0.643. The van der Waals surface area contributed by atoms with Gasteiger partial charge in [0.05, 0.1) is 17.2 Å². The third kappa shape index (κ3) is 4.19. The first-order valence-corrected chi connectivity index (χ1v) is 6.78. The molecule has 1 amide bonds. The van der Waals surface area contributed by atoms with E-state index in [0.29, 0.717) is 36.9 Å². The average molecular weight is 288 g/mol. The molecule has 0 aliphatic heterocycles. The fourth-order valence-electron chi connectivity index (χ4n) is 1.57. The number of likely N-dealkylation sites (N-methyl/N-ethyl adjacent to an activating group) is 1. The van der Waals surface area contributed by atoms with Gasteiger partial charge in [-0.3, -0.25) is 4.79 Å². The number of nitrogens with zero attached hydrogens (tertiary/aromatic N) is 1. The Morgan fingerprint density at radius 1 is 1.44 bits per heavy atom. The molecule has 0 saturated carbocycles. The molecule has 0 aromatic heterocycles. The van der Waals surface area contributed by atoms with E-state index in [1.807, 2.05) is 13.8 Å². The van der Waals surface area contributed by atoms with Gasteiger partial charge in [-0.2, -0.15) is 0 Å². The van der Waals surface area contributed by atoms with E-state index in [1.165, 1.54) is 0 Å². The Morgan fingerprint density at radius 3 is 2.78 bits per heavy atom. The summed E-state index contributed by atoms with van der Waals surface area (Å²) in [6.45, 7) is 6.24. The zero-order chi connectivity index (χ0) is 13.5. The number of ether oxygens (including phenoxy) is 1. The van der Waals surface area contributed by atoms with E-state index in [9.17, 15) is 4.79 Å². The van der Waals surface area contributed by atoms with E-state index in [0.717, 1.165) is 4.90 Å². The lowest BCUT2D eigenvalue weighted by molar-refractivity contribution is 0.0669. The van der Waals surface area contributed by atoms with Crippen molar-refractivity contribution in [2.75, 3.05) is 26.3 Å². The predicted molar refractivity (Wildman–Crippen MR) is 76.8 cm³/mol. The van der Waals surface area contributed by atoms with Gasteiger partial charge in [0.25, 0.3) is 5.91 Å². The van der Waals surface area contributed by atoms with E-state index < -0.39 is 0 Å². The van der Waals surface area contributed by atoms with Crippen LogP contribution in [0.5, 0.6) is 0 Å². The third-order valence-corrected chi connectivity index (χ3v) is 3.17. The highest BCUT2D eigenvalue weighted by Crippen LogP contribution is 2.21. The Kier molecular flexibility index (Phi) is 6.54. The number of carbonyl (C=O) groups is 1. The van der Waals surface area contributed by atoms with E-state index in [4.69, 9.17) is 16.3 Å². The highest BCUT2D eigenvalue weighted by Gasteiger charge is 2.17. The SMILES string of the molecule is CCOCCN(CC)C(=O)c1cc(S)ccc1Cl. The molecule has 18 heavy (non-hydrogen) atoms. The van der Waals surface area contributed by atoms with Gasteiger partial charge < -0.3 is 9.64 Å². The van der Waals surface area contributed by atoms with Crippen LogP contribution < -0.4 is 0 Å². The van der Waals surface area contributed by atoms with Crippen molar-refractivity contribution in [3.05, 3.63) is 28.8 Å². The molecule has 0 unspecified atom stereocenters. The Labute approximate surface area is 118 Å². The van der Waals surface area contributed by atoms with Gasteiger partial charge in [-0.05, 0) is 32.0 Å². The van der Waals surface area contributed by atoms with Crippen molar-refractivity contribution >= 4 is 30.1 Å². The molecule has 0 N–H and O–H groups in total. The number of thiol groups is 1. The molecule has 0 saturated heterocycles. The van der Waals surface area contributed by atoms with Crippen molar-refractivity contribution < 1.29 is 9.53 Å². The maximum Gasteiger partial charge on any atom is 0.255 e. The first-order chi connectivity index (χ1) is 8.60. The number of hydrogen-bond donors (Lipinski definition) is 1. The zero-order valence-electron chi connectivity index (χ0n) is 10.6. The molecule has 5 heteroatoms. The summed E-state index contributed by atoms with van der Waals surface area (Å²) < 4.78 is 5.26. The van der Waals surface area contributed by atoms with Crippen molar-refractivity contribution in [2.24, 2.45) is 0 Å². The highest BCUT2D eigenvalue weighted by atomic mass is 35.5. The maximum atomic E-state index is 12.3. The molecule has 100 valence electrons. The molecule has 0 fully saturated rings. The molecule has 0 radical (unpaired) electrons. The lowest BCUT2D eigenvalue weighted by Gasteiger charge is -2.21. The molecule has 1 aromatic carbocycles. The van der Waals surface area contributed by atoms with Crippen molar-refractivity contribution in [1.29, 1.82) is 0 Å². The predicted octanol–water partition coefficient (Wildman–Crippen LogP) is 3.13. The van der Waals surface area contributed by atoms with E-state index >= 15 is 0 Å². The topological polar surface area (TPSA) is 29.5 Å². The molecule has 0 aliphatic rings. The van der Waals surface area contributed by atoms with Crippen LogP contribution in [0.15, 0.2) is 23.1 Å². The number of amides is 1. The molecule has 0 heterocycles. The first-order valence-electron chi connectivity index (χ1n) is 5.95. The van der Waals surface area contributed by atoms with Gasteiger partial charge in [0.15, 0.2) is 0 Å². The molecular formula is C13H18ClNO2S. The van der Waals surface area contributed by atoms with Crippen LogP contribution in [-0.4, -0.2) is 37.1 Å². The van der Waals surface area contributed by atoms with Gasteiger partial charge in [0.1, 0.15) is 0 Å². The smallest absolute Gasteiger partial charge is 0.255 e. The average Bonchev–Trinajstić information content (AvgIpc) is 2.37. The van der Waals surface area contributed by atoms with Gasteiger partial charge in [-0.25, -0.2) is 0 Å². The summed E-state index contributed by atoms with van der Waals surface area (Å²) in [6, 6.07) is 5.14. The number of carbonyl (C=O) groups excluding carboxylic acids is 1. The van der Waals surface area contributed by atoms with Crippen molar-refractivity contribution in [3.63, 3.8) is 0 Å². The van der Waals surface area contributed by atoms with Crippen LogP contribution in [0.2, 0.25) is 5.02 Å². The lowest BCUT2D eigenvalue weighted by atomic mass is 10.2. The normalized spacial score (nSPS) is 10.4. The van der Waals surface area contributed by atoms with Crippen LogP contribution >= 0.6 is 24.2 Å². The number of hydrogen-bond acceptors (Lipinski definition) is 3. The Bertz CT molecular complexity index is 412. The largest absolute Gasteiger partial charge is 0.380 e. The van der Waals surface area contributed by atoms with Crippen LogP contribution in [0.3, 0.4) is 0 Å². The molecule has 0 bridgehead atoms. The summed E-state index contributed by atoms with van der Waals surface area (Å²) >= 11 is 10.3. The third-order valence-electron chi connectivity index (χ3n) is 2.56. The summed E-state index contributed by atoms with van der Waals surface area (Å²) in [5.41, 5.74) is 0.488. The minimum atomic E-state index is -0.0851. The number of benzene rings is 1. The van der Waals surface area contributed by atoms with Crippen LogP contribution in [0.25, 0.3) is 0 Å². The Hall–Kier alpha value is -0.710. The molecule has 0 spiro atoms. The second-order valence-corrected chi connectivity index (χ2v) is 4.67. The van der Waals surface area contributed by atoms with E-state index in [2.05, 4.69) is 12.6 Å². The van der Waals surface area contributed by atoms with Gasteiger partial charge in [0.2, 0.25) is 0 Å². The van der Waals surface area contributed by atoms with Crippen molar-refractivity contribution in [1.82, 2.24) is 4.90 Å². The Balaban J connectivity index is 2.79. The van der Waals surface area contributed by atoms with Crippen LogP contribution in [0, 0.1) is 0 Å². The summed E-state index contributed by atoms with van der Waals surface area (Å²) in [7, 11) is 0. The molecule has 1 aromatic rings. The van der Waals surface area contributed by atoms with Gasteiger partial charge in [-0.15, -0.1) is 12.6 Å². The lowest BCUT2D eigenvalue weighted by Crippen LogP contribution is -2.34. The highest BCUT2D eigenvalue weighted by molar-refractivity contribution is 7.80. The second-order valence-electron chi connectivity index (χ2n) is 3.75. The van der Waals surface area contributed by atoms with E-state index in [1.54, 1.807) is 23.1 Å². The zero-order valence-corrected chi connectivity index (χ0v) is 12.3. The van der Waals surface area contributed by atoms with E-state index in [-0.39, 0.29) is 5.91 Å². The molecular weight excluding hydrogens is 270 g/mol. The first kappa shape index (κ1) is 15.3. The fraction of sp³-hybridized carbons (Fsp3) is 0.462. The fourth-order valence-corrected chi connectivity index (χ4v) is 1.97. The standard InChI is InChI=1S/C13H18ClNO2S/c1-3-15(7-8-17-4-2)13(16)11-9-10(18)5-6-12(11)14/h5-6,9,18H,3-4,7-8H2,1-2H3. The van der Waals surface area contributed by atoms with Crippen molar-refractivity contribution in [3.8, 4) is 0 Å². The molecule has 3 nitrogen and oxygen atoms in total. The molecule has 0 aliphatic carbocycles. The van der Waals surface area contributed by atoms with Crippen LogP contribution in [-0.2, 0) is 4.74 Å². The molecule has 0 atom stereocenters. The summed E-state index contributed by atoms with van der Waals surface area (Å²) in [6.07, 6.45) is 0. The van der Waals surface area contributed by atoms with Crippen LogP contribution in [0.4, 0.5) is 0 Å². The van der Waals surface area contributed by atoms with Crippen molar-refractivity contribution in [2.45, 2.75) is 18.7 Å².